The lowest BCUT2D eigenvalue weighted by Gasteiger charge is -2.35. The number of hydrogen-bond acceptors (Lipinski definition) is 5. The van der Waals surface area contributed by atoms with Gasteiger partial charge >= 0.3 is 0 Å². The third-order valence-corrected chi connectivity index (χ3v) is 6.05. The standard InChI is InChI=1S/C22H23F2N3O5/c1-11(32-2)9-26-10-14-5-6-16-17(19(28)20(29)18(22(26)31)27(14)16)21(30)25-8-12-3-4-13(23)7-15(12)24/h3-4,7,11,14,29H,5-6,8-10H2,1-2H3,(H,25,30). The molecule has 10 heteroatoms. The molecule has 1 aromatic carbocycles. The van der Waals surface area contributed by atoms with Gasteiger partial charge in [0.15, 0.2) is 11.4 Å². The number of halogens is 2. The van der Waals surface area contributed by atoms with E-state index in [1.54, 1.807) is 9.47 Å². The second-order valence-electron chi connectivity index (χ2n) is 8.09. The molecule has 170 valence electrons. The molecular formula is C22H23F2N3O5. The summed E-state index contributed by atoms with van der Waals surface area (Å²) >= 11 is 0. The molecule has 2 aliphatic heterocycles. The number of aromatic hydroxyl groups is 1. The van der Waals surface area contributed by atoms with Gasteiger partial charge < -0.3 is 24.6 Å². The Kier molecular flexibility index (Phi) is 5.72. The quantitative estimate of drug-likeness (QED) is 0.703. The average Bonchev–Trinajstić information content (AvgIpc) is 3.16. The molecule has 32 heavy (non-hydrogen) atoms. The zero-order valence-corrected chi connectivity index (χ0v) is 17.7. The van der Waals surface area contributed by atoms with Gasteiger partial charge in [0, 0.05) is 44.1 Å². The van der Waals surface area contributed by atoms with Gasteiger partial charge in [0.1, 0.15) is 17.2 Å². The molecule has 0 bridgehead atoms. The van der Waals surface area contributed by atoms with Crippen molar-refractivity contribution < 1.29 is 28.2 Å². The predicted molar refractivity (Wildman–Crippen MR) is 110 cm³/mol. The molecule has 0 saturated heterocycles. The second kappa shape index (κ2) is 8.34. The SMILES string of the molecule is COC(C)CN1CC2CCc3c(C(=O)NCc4ccc(F)cc4F)c(=O)c(O)c(n32)C1=O. The van der Waals surface area contributed by atoms with Crippen LogP contribution >= 0.6 is 0 Å². The first kappa shape index (κ1) is 21.9. The number of methoxy groups -OCH3 is 1. The Bertz CT molecular complexity index is 1160. The topological polar surface area (TPSA) is 101 Å². The molecule has 0 fully saturated rings. The van der Waals surface area contributed by atoms with Gasteiger partial charge in [0.25, 0.3) is 11.8 Å². The van der Waals surface area contributed by atoms with Crippen molar-refractivity contribution in [2.45, 2.75) is 38.5 Å². The molecule has 0 saturated carbocycles. The molecule has 0 spiro atoms. The minimum Gasteiger partial charge on any atom is -0.503 e. The Morgan fingerprint density at radius 2 is 2.09 bits per heavy atom. The van der Waals surface area contributed by atoms with E-state index in [1.807, 2.05) is 6.92 Å². The normalized spacial score (nSPS) is 17.9. The first-order valence-corrected chi connectivity index (χ1v) is 10.3. The van der Waals surface area contributed by atoms with Crippen LogP contribution in [0.25, 0.3) is 0 Å². The van der Waals surface area contributed by atoms with E-state index in [1.165, 1.54) is 13.2 Å². The predicted octanol–water partition coefficient (Wildman–Crippen LogP) is 1.74. The molecule has 2 aliphatic rings. The zero-order chi connectivity index (χ0) is 23.2. The van der Waals surface area contributed by atoms with Crippen molar-refractivity contribution in [2.24, 2.45) is 0 Å². The van der Waals surface area contributed by atoms with E-state index in [4.69, 9.17) is 4.74 Å². The summed E-state index contributed by atoms with van der Waals surface area (Å²) in [6, 6.07) is 2.78. The third-order valence-electron chi connectivity index (χ3n) is 6.05. The summed E-state index contributed by atoms with van der Waals surface area (Å²) in [6.45, 7) is 2.22. The molecule has 4 rings (SSSR count). The van der Waals surface area contributed by atoms with Crippen LogP contribution < -0.4 is 10.7 Å². The fourth-order valence-electron chi connectivity index (χ4n) is 4.38. The lowest BCUT2D eigenvalue weighted by molar-refractivity contribution is 0.0443. The number of nitrogens with zero attached hydrogens (tertiary/aromatic N) is 2. The molecule has 0 aliphatic carbocycles. The van der Waals surface area contributed by atoms with Gasteiger partial charge in [-0.2, -0.15) is 0 Å². The first-order valence-electron chi connectivity index (χ1n) is 10.3. The summed E-state index contributed by atoms with van der Waals surface area (Å²) in [4.78, 5) is 40.3. The maximum Gasteiger partial charge on any atom is 0.274 e. The van der Waals surface area contributed by atoms with E-state index in [2.05, 4.69) is 5.32 Å². The van der Waals surface area contributed by atoms with Gasteiger partial charge in [-0.05, 0) is 25.8 Å². The number of ether oxygens (including phenoxy) is 1. The Hall–Kier alpha value is -3.27. The van der Waals surface area contributed by atoms with Crippen LogP contribution in [0.4, 0.5) is 8.78 Å². The summed E-state index contributed by atoms with van der Waals surface area (Å²) in [5.74, 6) is -3.63. The maximum atomic E-state index is 13.9. The summed E-state index contributed by atoms with van der Waals surface area (Å²) in [5.41, 5.74) is -0.906. The first-order chi connectivity index (χ1) is 15.2. The summed E-state index contributed by atoms with van der Waals surface area (Å²) in [5, 5.41) is 13.0. The number of nitrogens with one attached hydrogen (secondary N) is 1. The zero-order valence-electron chi connectivity index (χ0n) is 17.7. The van der Waals surface area contributed by atoms with Crippen molar-refractivity contribution in [1.29, 1.82) is 0 Å². The van der Waals surface area contributed by atoms with Gasteiger partial charge in [0.05, 0.1) is 12.1 Å². The van der Waals surface area contributed by atoms with Gasteiger partial charge in [-0.25, -0.2) is 8.78 Å². The fraction of sp³-hybridized carbons (Fsp3) is 0.409. The van der Waals surface area contributed by atoms with Gasteiger partial charge in [-0.15, -0.1) is 0 Å². The minimum absolute atomic E-state index is 0.0504. The van der Waals surface area contributed by atoms with E-state index in [9.17, 15) is 28.3 Å². The van der Waals surface area contributed by atoms with Crippen molar-refractivity contribution in [2.75, 3.05) is 20.2 Å². The van der Waals surface area contributed by atoms with E-state index < -0.39 is 34.6 Å². The molecule has 2 aromatic rings. The Balaban J connectivity index is 1.67. The third kappa shape index (κ3) is 3.64. The number of rotatable bonds is 6. The van der Waals surface area contributed by atoms with Crippen LogP contribution in [0, 0.1) is 11.6 Å². The summed E-state index contributed by atoms with van der Waals surface area (Å²) in [7, 11) is 1.53. The molecular weight excluding hydrogens is 424 g/mol. The van der Waals surface area contributed by atoms with Gasteiger partial charge in [0.2, 0.25) is 5.43 Å². The number of carbonyl (C=O) groups is 2. The number of aromatic nitrogens is 1. The van der Waals surface area contributed by atoms with Gasteiger partial charge in [-0.3, -0.25) is 14.4 Å². The smallest absolute Gasteiger partial charge is 0.274 e. The largest absolute Gasteiger partial charge is 0.503 e. The van der Waals surface area contributed by atoms with E-state index in [0.717, 1.165) is 6.07 Å². The molecule has 2 amide bonds. The highest BCUT2D eigenvalue weighted by molar-refractivity contribution is 6.00. The molecule has 8 nitrogen and oxygen atoms in total. The second-order valence-corrected chi connectivity index (χ2v) is 8.09. The van der Waals surface area contributed by atoms with Crippen LogP contribution in [0.2, 0.25) is 0 Å². The van der Waals surface area contributed by atoms with E-state index in [-0.39, 0.29) is 35.5 Å². The Morgan fingerprint density at radius 3 is 2.78 bits per heavy atom. The number of benzene rings is 1. The molecule has 2 N–H and O–H groups in total. The highest BCUT2D eigenvalue weighted by atomic mass is 19.1. The molecule has 3 heterocycles. The lowest BCUT2D eigenvalue weighted by atomic mass is 10.1. The van der Waals surface area contributed by atoms with Crippen LogP contribution in [0.3, 0.4) is 0 Å². The maximum absolute atomic E-state index is 13.9. The van der Waals surface area contributed by atoms with Crippen LogP contribution in [-0.2, 0) is 17.7 Å². The van der Waals surface area contributed by atoms with Crippen LogP contribution in [0.5, 0.6) is 5.75 Å². The fourth-order valence-corrected chi connectivity index (χ4v) is 4.38. The van der Waals surface area contributed by atoms with Crippen molar-refractivity contribution in [3.05, 3.63) is 62.6 Å². The minimum atomic E-state index is -0.945. The van der Waals surface area contributed by atoms with Gasteiger partial charge in [-0.1, -0.05) is 6.07 Å². The number of amides is 2. The number of pyridine rings is 1. The molecule has 0 radical (unpaired) electrons. The molecule has 2 atom stereocenters. The Morgan fingerprint density at radius 1 is 1.34 bits per heavy atom. The summed E-state index contributed by atoms with van der Waals surface area (Å²) < 4.78 is 33.8. The molecule has 2 unspecified atom stereocenters. The van der Waals surface area contributed by atoms with Crippen molar-refractivity contribution >= 4 is 11.8 Å². The van der Waals surface area contributed by atoms with Crippen molar-refractivity contribution in [3.63, 3.8) is 0 Å². The highest BCUT2D eigenvalue weighted by Crippen LogP contribution is 2.36. The monoisotopic (exact) mass is 447 g/mol. The van der Waals surface area contributed by atoms with Crippen molar-refractivity contribution in [3.8, 4) is 5.75 Å². The highest BCUT2D eigenvalue weighted by Gasteiger charge is 2.41. The molecule has 1 aromatic heterocycles. The Labute approximate surface area is 182 Å². The number of carbonyl (C=O) groups excluding carboxylic acids is 2. The van der Waals surface area contributed by atoms with E-state index in [0.29, 0.717) is 37.7 Å². The van der Waals surface area contributed by atoms with Crippen molar-refractivity contribution in [1.82, 2.24) is 14.8 Å². The van der Waals surface area contributed by atoms with E-state index >= 15 is 0 Å². The lowest BCUT2D eigenvalue weighted by Crippen LogP contribution is -2.47. The van der Waals surface area contributed by atoms with Crippen LogP contribution in [0.1, 0.15) is 51.5 Å². The average molecular weight is 447 g/mol. The van der Waals surface area contributed by atoms with Crippen LogP contribution in [-0.4, -0.2) is 52.7 Å². The summed E-state index contributed by atoms with van der Waals surface area (Å²) in [6.07, 6.45) is 0.743. The van der Waals surface area contributed by atoms with Crippen LogP contribution in [0.15, 0.2) is 23.0 Å². The number of hydrogen-bond donors (Lipinski definition) is 2.